The summed E-state index contributed by atoms with van der Waals surface area (Å²) in [6.07, 6.45) is -0.689. The molecule has 0 radical (unpaired) electrons. The summed E-state index contributed by atoms with van der Waals surface area (Å²) in [6, 6.07) is 5.70. The molecule has 0 amide bonds. The topological polar surface area (TPSA) is 52.5 Å². The third-order valence-corrected chi connectivity index (χ3v) is 3.67. The number of rotatable bonds is 6. The Bertz CT molecular complexity index is 336. The molecule has 0 aliphatic heterocycles. The maximum atomic E-state index is 9.29. The van der Waals surface area contributed by atoms with Crippen LogP contribution < -0.4 is 5.32 Å². The lowest BCUT2D eigenvalue weighted by molar-refractivity contribution is 0.113. The molecule has 16 heavy (non-hydrogen) atoms. The number of hydrogen-bond donors (Lipinski definition) is 3. The van der Waals surface area contributed by atoms with Gasteiger partial charge < -0.3 is 15.5 Å². The van der Waals surface area contributed by atoms with E-state index in [0.29, 0.717) is 12.3 Å². The molecular formula is C11H16ClNO2S. The largest absolute Gasteiger partial charge is 0.394 e. The molecule has 90 valence electrons. The molecule has 5 heteroatoms. The smallest absolute Gasteiger partial charge is 0.0864 e. The van der Waals surface area contributed by atoms with Crippen LogP contribution in [0.25, 0.3) is 0 Å². The fourth-order valence-electron chi connectivity index (χ4n) is 1.26. The first-order valence-electron chi connectivity index (χ1n) is 5.02. The molecule has 1 aromatic rings. The minimum Gasteiger partial charge on any atom is -0.394 e. The number of benzene rings is 1. The second kappa shape index (κ2) is 7.14. The molecule has 1 aromatic carbocycles. The van der Waals surface area contributed by atoms with Crippen molar-refractivity contribution < 1.29 is 10.2 Å². The van der Waals surface area contributed by atoms with Crippen LogP contribution in [0.4, 0.5) is 0 Å². The number of aliphatic hydroxyl groups is 2. The van der Waals surface area contributed by atoms with E-state index in [9.17, 15) is 5.11 Å². The molecule has 1 atom stereocenters. The number of halogens is 1. The third-order valence-electron chi connectivity index (χ3n) is 2.07. The molecule has 0 saturated heterocycles. The minimum atomic E-state index is -0.689. The lowest BCUT2D eigenvalue weighted by Gasteiger charge is -2.12. The van der Waals surface area contributed by atoms with Crippen molar-refractivity contribution in [2.75, 3.05) is 19.4 Å². The summed E-state index contributed by atoms with van der Waals surface area (Å²) in [7, 11) is 1.86. The second-order valence-corrected chi connectivity index (χ2v) is 4.86. The lowest BCUT2D eigenvalue weighted by atomic mass is 10.2. The first-order valence-corrected chi connectivity index (χ1v) is 6.39. The zero-order valence-corrected chi connectivity index (χ0v) is 10.7. The van der Waals surface area contributed by atoms with Crippen LogP contribution in [0, 0.1) is 0 Å². The number of nitrogens with one attached hydrogen (secondary N) is 1. The van der Waals surface area contributed by atoms with E-state index in [1.807, 2.05) is 25.2 Å². The quantitative estimate of drug-likeness (QED) is 0.680. The normalized spacial score (nSPS) is 12.8. The van der Waals surface area contributed by atoms with Crippen molar-refractivity contribution in [2.24, 2.45) is 0 Å². The van der Waals surface area contributed by atoms with Gasteiger partial charge in [0.1, 0.15) is 0 Å². The minimum absolute atomic E-state index is 0.213. The van der Waals surface area contributed by atoms with Crippen LogP contribution in [-0.4, -0.2) is 35.7 Å². The van der Waals surface area contributed by atoms with Gasteiger partial charge >= 0.3 is 0 Å². The van der Waals surface area contributed by atoms with Crippen molar-refractivity contribution in [3.8, 4) is 0 Å². The zero-order valence-electron chi connectivity index (χ0n) is 9.11. The standard InChI is InChI=1S/C11H16ClNO2S/c1-13-5-9-10(12)3-2-4-11(9)16-7-8(15)6-14/h2-4,8,13-15H,5-7H2,1H3. The summed E-state index contributed by atoms with van der Waals surface area (Å²) < 4.78 is 0. The molecule has 0 aromatic heterocycles. The Hall–Kier alpha value is -0.260. The van der Waals surface area contributed by atoms with Crippen molar-refractivity contribution >= 4 is 23.4 Å². The van der Waals surface area contributed by atoms with Gasteiger partial charge in [0.25, 0.3) is 0 Å². The molecule has 0 spiro atoms. The van der Waals surface area contributed by atoms with Crippen LogP contribution in [0.5, 0.6) is 0 Å². The maximum absolute atomic E-state index is 9.29. The Labute approximate surface area is 105 Å². The summed E-state index contributed by atoms with van der Waals surface area (Å²) >= 11 is 7.59. The van der Waals surface area contributed by atoms with E-state index in [1.165, 1.54) is 11.8 Å². The maximum Gasteiger partial charge on any atom is 0.0864 e. The molecule has 0 aliphatic carbocycles. The van der Waals surface area contributed by atoms with Crippen LogP contribution in [0.3, 0.4) is 0 Å². The van der Waals surface area contributed by atoms with E-state index in [-0.39, 0.29) is 6.61 Å². The second-order valence-electron chi connectivity index (χ2n) is 3.39. The highest BCUT2D eigenvalue weighted by Crippen LogP contribution is 2.28. The Morgan fingerprint density at radius 1 is 1.50 bits per heavy atom. The molecule has 3 nitrogen and oxygen atoms in total. The number of aliphatic hydroxyl groups excluding tert-OH is 2. The molecular weight excluding hydrogens is 246 g/mol. The summed E-state index contributed by atoms with van der Waals surface area (Å²) in [4.78, 5) is 1.04. The van der Waals surface area contributed by atoms with Crippen LogP contribution >= 0.6 is 23.4 Å². The van der Waals surface area contributed by atoms with Gasteiger partial charge in [-0.3, -0.25) is 0 Å². The van der Waals surface area contributed by atoms with E-state index in [2.05, 4.69) is 5.32 Å². The molecule has 0 bridgehead atoms. The van der Waals surface area contributed by atoms with Crippen molar-refractivity contribution in [2.45, 2.75) is 17.5 Å². The van der Waals surface area contributed by atoms with E-state index < -0.39 is 6.10 Å². The van der Waals surface area contributed by atoms with E-state index >= 15 is 0 Å². The van der Waals surface area contributed by atoms with Crippen LogP contribution in [0.15, 0.2) is 23.1 Å². The van der Waals surface area contributed by atoms with Gasteiger partial charge in [-0.15, -0.1) is 11.8 Å². The molecule has 0 heterocycles. The average molecular weight is 262 g/mol. The van der Waals surface area contributed by atoms with E-state index in [4.69, 9.17) is 16.7 Å². The van der Waals surface area contributed by atoms with Gasteiger partial charge in [-0.2, -0.15) is 0 Å². The SMILES string of the molecule is CNCc1c(Cl)cccc1SCC(O)CO. The summed E-state index contributed by atoms with van der Waals surface area (Å²) in [5.41, 5.74) is 1.03. The van der Waals surface area contributed by atoms with Gasteiger partial charge in [-0.25, -0.2) is 0 Å². The van der Waals surface area contributed by atoms with Gasteiger partial charge in [-0.05, 0) is 24.7 Å². The number of hydrogen-bond acceptors (Lipinski definition) is 4. The van der Waals surface area contributed by atoms with Crippen molar-refractivity contribution in [1.82, 2.24) is 5.32 Å². The molecule has 1 unspecified atom stereocenters. The van der Waals surface area contributed by atoms with Crippen LogP contribution in [0.1, 0.15) is 5.56 Å². The van der Waals surface area contributed by atoms with Gasteiger partial charge in [0, 0.05) is 22.2 Å². The van der Waals surface area contributed by atoms with Gasteiger partial charge in [0.15, 0.2) is 0 Å². The molecule has 1 rings (SSSR count). The highest BCUT2D eigenvalue weighted by Gasteiger charge is 2.09. The highest BCUT2D eigenvalue weighted by molar-refractivity contribution is 7.99. The predicted octanol–water partition coefficient (Wildman–Crippen LogP) is 1.50. The van der Waals surface area contributed by atoms with Crippen molar-refractivity contribution in [1.29, 1.82) is 0 Å². The summed E-state index contributed by atoms with van der Waals surface area (Å²) in [5.74, 6) is 0.466. The Morgan fingerprint density at radius 2 is 2.25 bits per heavy atom. The van der Waals surface area contributed by atoms with Gasteiger partial charge in [-0.1, -0.05) is 17.7 Å². The average Bonchev–Trinajstić information content (AvgIpc) is 2.29. The first kappa shape index (κ1) is 13.8. The molecule has 3 N–H and O–H groups in total. The Morgan fingerprint density at radius 3 is 2.88 bits per heavy atom. The highest BCUT2D eigenvalue weighted by atomic mass is 35.5. The zero-order chi connectivity index (χ0) is 12.0. The first-order chi connectivity index (χ1) is 7.69. The Balaban J connectivity index is 2.74. The van der Waals surface area contributed by atoms with E-state index in [1.54, 1.807) is 0 Å². The van der Waals surface area contributed by atoms with Crippen molar-refractivity contribution in [3.63, 3.8) is 0 Å². The fourth-order valence-corrected chi connectivity index (χ4v) is 2.57. The predicted molar refractivity (Wildman–Crippen MR) is 68.0 cm³/mol. The van der Waals surface area contributed by atoms with Crippen molar-refractivity contribution in [3.05, 3.63) is 28.8 Å². The summed E-state index contributed by atoms with van der Waals surface area (Å²) in [5, 5.41) is 21.8. The third kappa shape index (κ3) is 3.96. The Kier molecular flexibility index (Phi) is 6.16. The van der Waals surface area contributed by atoms with Gasteiger partial charge in [0.2, 0.25) is 0 Å². The summed E-state index contributed by atoms with van der Waals surface area (Å²) in [6.45, 7) is 0.478. The lowest BCUT2D eigenvalue weighted by Crippen LogP contribution is -2.15. The molecule has 0 saturated carbocycles. The monoisotopic (exact) mass is 261 g/mol. The van der Waals surface area contributed by atoms with Gasteiger partial charge in [0.05, 0.1) is 12.7 Å². The van der Waals surface area contributed by atoms with E-state index in [0.717, 1.165) is 15.5 Å². The molecule has 0 aliphatic rings. The van der Waals surface area contributed by atoms with Crippen LogP contribution in [0.2, 0.25) is 5.02 Å². The number of thioether (sulfide) groups is 1. The fraction of sp³-hybridized carbons (Fsp3) is 0.455. The van der Waals surface area contributed by atoms with Crippen LogP contribution in [-0.2, 0) is 6.54 Å². The molecule has 0 fully saturated rings.